The molecule has 0 aliphatic carbocycles. The first-order valence-electron chi connectivity index (χ1n) is 3.13. The number of hydrogen-bond acceptors (Lipinski definition) is 2. The van der Waals surface area contributed by atoms with E-state index in [2.05, 4.69) is 18.2 Å². The fraction of sp³-hybridized carbons (Fsp3) is 0.125. The highest BCUT2D eigenvalue weighted by Crippen LogP contribution is 2.30. The maximum Gasteiger partial charge on any atom is 0.0341 e. The summed E-state index contributed by atoms with van der Waals surface area (Å²) < 4.78 is 0. The predicted octanol–water partition coefficient (Wildman–Crippen LogP) is 2.51. The van der Waals surface area contributed by atoms with Gasteiger partial charge in [0.15, 0.2) is 0 Å². The standard InChI is InChI=1S/C8H6S2/c9-7-5-10-8-4-2-1-3-6(7)8/h1-4H,5H2. The Morgan fingerprint density at radius 1 is 1.30 bits per heavy atom. The van der Waals surface area contributed by atoms with Crippen LogP contribution in [0.25, 0.3) is 0 Å². The molecule has 0 saturated heterocycles. The monoisotopic (exact) mass is 166 g/mol. The molecule has 0 aromatic heterocycles. The third-order valence-electron chi connectivity index (χ3n) is 1.55. The second-order valence-electron chi connectivity index (χ2n) is 2.21. The maximum absolute atomic E-state index is 5.15. The van der Waals surface area contributed by atoms with Crippen LogP contribution in [0.5, 0.6) is 0 Å². The van der Waals surface area contributed by atoms with Gasteiger partial charge in [-0.2, -0.15) is 0 Å². The average Bonchev–Trinajstić information content (AvgIpc) is 2.34. The summed E-state index contributed by atoms with van der Waals surface area (Å²) in [6.07, 6.45) is 0. The van der Waals surface area contributed by atoms with E-state index in [1.54, 1.807) is 0 Å². The molecule has 10 heavy (non-hydrogen) atoms. The zero-order valence-electron chi connectivity index (χ0n) is 5.33. The van der Waals surface area contributed by atoms with Crippen molar-refractivity contribution in [1.82, 2.24) is 0 Å². The van der Waals surface area contributed by atoms with Gasteiger partial charge in [0.05, 0.1) is 0 Å². The highest BCUT2D eigenvalue weighted by atomic mass is 32.2. The van der Waals surface area contributed by atoms with Gasteiger partial charge in [-0.15, -0.1) is 11.8 Å². The lowest BCUT2D eigenvalue weighted by atomic mass is 10.2. The minimum absolute atomic E-state index is 0.995. The first-order valence-corrected chi connectivity index (χ1v) is 4.52. The van der Waals surface area contributed by atoms with Crippen LogP contribution in [-0.4, -0.2) is 10.6 Å². The van der Waals surface area contributed by atoms with Gasteiger partial charge < -0.3 is 0 Å². The van der Waals surface area contributed by atoms with E-state index >= 15 is 0 Å². The van der Waals surface area contributed by atoms with E-state index in [4.69, 9.17) is 12.2 Å². The van der Waals surface area contributed by atoms with Crippen LogP contribution in [0.2, 0.25) is 0 Å². The number of fused-ring (bicyclic) bond motifs is 1. The SMILES string of the molecule is S=C1CSc2ccccc21. The van der Waals surface area contributed by atoms with E-state index in [0.717, 1.165) is 10.6 Å². The Morgan fingerprint density at radius 2 is 2.10 bits per heavy atom. The summed E-state index contributed by atoms with van der Waals surface area (Å²) in [7, 11) is 0. The first-order chi connectivity index (χ1) is 4.88. The normalized spacial score (nSPS) is 15.4. The van der Waals surface area contributed by atoms with Crippen molar-refractivity contribution in [3.63, 3.8) is 0 Å². The Bertz CT molecular complexity index is 278. The summed E-state index contributed by atoms with van der Waals surface area (Å²) in [5, 5.41) is 0. The van der Waals surface area contributed by atoms with Crippen LogP contribution in [0.15, 0.2) is 29.2 Å². The molecule has 2 heteroatoms. The van der Waals surface area contributed by atoms with Crippen molar-refractivity contribution in [3.8, 4) is 0 Å². The highest BCUT2D eigenvalue weighted by Gasteiger charge is 2.14. The largest absolute Gasteiger partial charge is 0.120 e. The summed E-state index contributed by atoms with van der Waals surface area (Å²) in [5.41, 5.74) is 1.27. The molecule has 0 N–H and O–H groups in total. The van der Waals surface area contributed by atoms with Gasteiger partial charge in [-0.3, -0.25) is 0 Å². The lowest BCUT2D eigenvalue weighted by Gasteiger charge is -1.92. The fourth-order valence-electron chi connectivity index (χ4n) is 1.04. The number of hydrogen-bond donors (Lipinski definition) is 0. The molecule has 0 nitrogen and oxygen atoms in total. The number of rotatable bonds is 0. The van der Waals surface area contributed by atoms with Crippen LogP contribution in [-0.2, 0) is 0 Å². The molecule has 0 spiro atoms. The van der Waals surface area contributed by atoms with Crippen LogP contribution < -0.4 is 0 Å². The van der Waals surface area contributed by atoms with Gasteiger partial charge in [0, 0.05) is 21.1 Å². The minimum atomic E-state index is 0.995. The Kier molecular flexibility index (Phi) is 1.51. The first kappa shape index (κ1) is 6.38. The fourth-order valence-corrected chi connectivity index (χ4v) is 2.43. The molecule has 0 radical (unpaired) electrons. The van der Waals surface area contributed by atoms with E-state index < -0.39 is 0 Å². The Morgan fingerprint density at radius 3 is 2.90 bits per heavy atom. The van der Waals surface area contributed by atoms with Crippen molar-refractivity contribution < 1.29 is 0 Å². The van der Waals surface area contributed by atoms with Gasteiger partial charge in [-0.05, 0) is 6.07 Å². The molecule has 1 aromatic rings. The quantitative estimate of drug-likeness (QED) is 0.543. The van der Waals surface area contributed by atoms with E-state index in [0.29, 0.717) is 0 Å². The van der Waals surface area contributed by atoms with E-state index in [-0.39, 0.29) is 0 Å². The topological polar surface area (TPSA) is 0 Å². The minimum Gasteiger partial charge on any atom is -0.120 e. The molecule has 0 unspecified atom stereocenters. The van der Waals surface area contributed by atoms with Crippen molar-refractivity contribution in [1.29, 1.82) is 0 Å². The van der Waals surface area contributed by atoms with Crippen LogP contribution in [0.3, 0.4) is 0 Å². The molecule has 1 aliphatic heterocycles. The lowest BCUT2D eigenvalue weighted by molar-refractivity contribution is 1.46. The second-order valence-corrected chi connectivity index (χ2v) is 3.72. The molecule has 0 bridgehead atoms. The van der Waals surface area contributed by atoms with Crippen LogP contribution in [0, 0.1) is 0 Å². The molecule has 0 amide bonds. The molecule has 50 valence electrons. The summed E-state index contributed by atoms with van der Waals surface area (Å²) >= 11 is 6.99. The van der Waals surface area contributed by atoms with Crippen molar-refractivity contribution >= 4 is 28.8 Å². The summed E-state index contributed by atoms with van der Waals surface area (Å²) in [6.45, 7) is 0. The van der Waals surface area contributed by atoms with Gasteiger partial charge in [-0.25, -0.2) is 0 Å². The summed E-state index contributed by atoms with van der Waals surface area (Å²) in [4.78, 5) is 2.44. The molecule has 0 fully saturated rings. The van der Waals surface area contributed by atoms with Crippen molar-refractivity contribution in [2.24, 2.45) is 0 Å². The van der Waals surface area contributed by atoms with Crippen molar-refractivity contribution in [2.75, 3.05) is 5.75 Å². The molecular weight excluding hydrogens is 160 g/mol. The van der Waals surface area contributed by atoms with E-state index in [9.17, 15) is 0 Å². The van der Waals surface area contributed by atoms with Crippen LogP contribution in [0.1, 0.15) is 5.56 Å². The molecule has 1 aromatic carbocycles. The zero-order valence-corrected chi connectivity index (χ0v) is 6.97. The summed E-state index contributed by atoms with van der Waals surface area (Å²) in [6, 6.07) is 8.31. The lowest BCUT2D eigenvalue weighted by Crippen LogP contribution is -1.91. The Balaban J connectivity index is 2.61. The molecule has 1 aliphatic rings. The van der Waals surface area contributed by atoms with Gasteiger partial charge in [0.2, 0.25) is 0 Å². The van der Waals surface area contributed by atoms with Crippen LogP contribution in [0.4, 0.5) is 0 Å². The van der Waals surface area contributed by atoms with Gasteiger partial charge in [-0.1, -0.05) is 30.4 Å². The predicted molar refractivity (Wildman–Crippen MR) is 48.9 cm³/mol. The average molecular weight is 166 g/mol. The number of thiocarbonyl (C=S) groups is 1. The molecule has 0 saturated carbocycles. The van der Waals surface area contributed by atoms with Crippen molar-refractivity contribution in [2.45, 2.75) is 4.90 Å². The third kappa shape index (κ3) is 0.879. The molecule has 2 rings (SSSR count). The third-order valence-corrected chi connectivity index (χ3v) is 3.19. The molecule has 1 heterocycles. The smallest absolute Gasteiger partial charge is 0.0341 e. The second kappa shape index (κ2) is 2.36. The molecule has 0 atom stereocenters. The zero-order chi connectivity index (χ0) is 6.97. The van der Waals surface area contributed by atoms with Gasteiger partial charge in [0.25, 0.3) is 0 Å². The maximum atomic E-state index is 5.15. The highest BCUT2D eigenvalue weighted by molar-refractivity contribution is 8.02. The Labute approximate surface area is 69.6 Å². The summed E-state index contributed by atoms with van der Waals surface area (Å²) in [5.74, 6) is 0.995. The van der Waals surface area contributed by atoms with Crippen LogP contribution >= 0.6 is 24.0 Å². The molecular formula is C8H6S2. The van der Waals surface area contributed by atoms with Crippen molar-refractivity contribution in [3.05, 3.63) is 29.8 Å². The van der Waals surface area contributed by atoms with Gasteiger partial charge >= 0.3 is 0 Å². The van der Waals surface area contributed by atoms with E-state index in [1.165, 1.54) is 10.5 Å². The van der Waals surface area contributed by atoms with Gasteiger partial charge in [0.1, 0.15) is 0 Å². The Hall–Kier alpha value is -0.340. The number of thioether (sulfide) groups is 1. The number of benzene rings is 1. The van der Waals surface area contributed by atoms with E-state index in [1.807, 2.05) is 17.8 Å².